The van der Waals surface area contributed by atoms with Crippen LogP contribution in [-0.2, 0) is 12.1 Å². The van der Waals surface area contributed by atoms with Crippen molar-refractivity contribution in [2.75, 3.05) is 14.1 Å². The van der Waals surface area contributed by atoms with Gasteiger partial charge >= 0.3 is 0 Å². The van der Waals surface area contributed by atoms with E-state index in [9.17, 15) is 0 Å². The lowest BCUT2D eigenvalue weighted by atomic mass is 9.81. The van der Waals surface area contributed by atoms with Crippen molar-refractivity contribution < 1.29 is 0 Å². The maximum absolute atomic E-state index is 6.74. The van der Waals surface area contributed by atoms with Crippen LogP contribution >= 0.6 is 0 Å². The first-order valence-corrected chi connectivity index (χ1v) is 7.14. The Morgan fingerprint density at radius 3 is 2.28 bits per heavy atom. The van der Waals surface area contributed by atoms with E-state index < -0.39 is 0 Å². The van der Waals surface area contributed by atoms with Gasteiger partial charge in [0.25, 0.3) is 0 Å². The summed E-state index contributed by atoms with van der Waals surface area (Å²) in [6.07, 6.45) is 7.50. The number of nitrogens with two attached hydrogens (primary N) is 1. The highest BCUT2D eigenvalue weighted by Gasteiger charge is 2.30. The van der Waals surface area contributed by atoms with Crippen LogP contribution < -0.4 is 5.73 Å². The number of rotatable bonds is 3. The predicted octanol–water partition coefficient (Wildman–Crippen LogP) is 3.26. The number of benzene rings is 1. The number of nitrogens with zero attached hydrogens (tertiary/aromatic N) is 1. The number of hydrogen-bond donors (Lipinski definition) is 1. The van der Waals surface area contributed by atoms with Crippen LogP contribution in [0.3, 0.4) is 0 Å². The molecule has 2 heteroatoms. The largest absolute Gasteiger partial charge is 0.321 e. The fourth-order valence-electron chi connectivity index (χ4n) is 3.11. The Hall–Kier alpha value is -0.860. The molecule has 0 heterocycles. The van der Waals surface area contributed by atoms with Gasteiger partial charge in [0.15, 0.2) is 0 Å². The molecule has 0 aliphatic heterocycles. The van der Waals surface area contributed by atoms with Gasteiger partial charge in [0, 0.05) is 12.1 Å². The SMILES string of the molecule is CN(C)Cc1ccccc1C1(N)CCCCCC1. The summed E-state index contributed by atoms with van der Waals surface area (Å²) in [5.74, 6) is 0. The van der Waals surface area contributed by atoms with Gasteiger partial charge in [0.2, 0.25) is 0 Å². The van der Waals surface area contributed by atoms with Crippen molar-refractivity contribution in [2.24, 2.45) is 5.73 Å². The first-order valence-electron chi connectivity index (χ1n) is 7.14. The van der Waals surface area contributed by atoms with Crippen LogP contribution in [0.1, 0.15) is 49.7 Å². The van der Waals surface area contributed by atoms with Gasteiger partial charge in [-0.05, 0) is 38.1 Å². The third-order valence-electron chi connectivity index (χ3n) is 4.04. The maximum atomic E-state index is 6.74. The van der Waals surface area contributed by atoms with Gasteiger partial charge in [-0.15, -0.1) is 0 Å². The molecule has 0 saturated heterocycles. The maximum Gasteiger partial charge on any atom is 0.0412 e. The summed E-state index contributed by atoms with van der Waals surface area (Å²) in [6.45, 7) is 0.981. The fraction of sp³-hybridized carbons (Fsp3) is 0.625. The Morgan fingerprint density at radius 1 is 1.06 bits per heavy atom. The van der Waals surface area contributed by atoms with Gasteiger partial charge in [-0.25, -0.2) is 0 Å². The molecule has 1 aliphatic carbocycles. The monoisotopic (exact) mass is 246 g/mol. The smallest absolute Gasteiger partial charge is 0.0412 e. The molecule has 0 amide bonds. The van der Waals surface area contributed by atoms with E-state index in [0.29, 0.717) is 0 Å². The van der Waals surface area contributed by atoms with Gasteiger partial charge in [0.05, 0.1) is 0 Å². The molecule has 0 spiro atoms. The van der Waals surface area contributed by atoms with Crippen LogP contribution in [-0.4, -0.2) is 19.0 Å². The molecule has 2 rings (SSSR count). The van der Waals surface area contributed by atoms with Crippen LogP contribution in [0.15, 0.2) is 24.3 Å². The standard InChI is InChI=1S/C16H26N2/c1-18(2)13-14-9-5-6-10-15(14)16(17)11-7-3-4-8-12-16/h5-6,9-10H,3-4,7-8,11-13,17H2,1-2H3. The zero-order chi connectivity index (χ0) is 13.0. The molecule has 1 aliphatic rings. The second-order valence-corrected chi connectivity index (χ2v) is 5.97. The van der Waals surface area contributed by atoms with E-state index in [-0.39, 0.29) is 5.54 Å². The quantitative estimate of drug-likeness (QED) is 0.830. The van der Waals surface area contributed by atoms with Crippen molar-refractivity contribution in [3.63, 3.8) is 0 Å². The molecule has 0 aromatic heterocycles. The minimum absolute atomic E-state index is 0.0941. The van der Waals surface area contributed by atoms with Crippen molar-refractivity contribution >= 4 is 0 Å². The highest BCUT2D eigenvalue weighted by atomic mass is 15.0. The van der Waals surface area contributed by atoms with Crippen molar-refractivity contribution in [3.8, 4) is 0 Å². The van der Waals surface area contributed by atoms with Crippen LogP contribution in [0.4, 0.5) is 0 Å². The Labute approximate surface area is 111 Å². The topological polar surface area (TPSA) is 29.3 Å². The highest BCUT2D eigenvalue weighted by Crippen LogP contribution is 2.35. The molecule has 1 aromatic rings. The molecular weight excluding hydrogens is 220 g/mol. The van der Waals surface area contributed by atoms with Crippen molar-refractivity contribution in [1.29, 1.82) is 0 Å². The molecule has 0 bridgehead atoms. The summed E-state index contributed by atoms with van der Waals surface area (Å²) >= 11 is 0. The minimum atomic E-state index is -0.0941. The van der Waals surface area contributed by atoms with Crippen LogP contribution in [0.25, 0.3) is 0 Å². The third-order valence-corrected chi connectivity index (χ3v) is 4.04. The molecule has 18 heavy (non-hydrogen) atoms. The summed E-state index contributed by atoms with van der Waals surface area (Å²) in [4.78, 5) is 2.22. The minimum Gasteiger partial charge on any atom is -0.321 e. The molecule has 2 nitrogen and oxygen atoms in total. The highest BCUT2D eigenvalue weighted by molar-refractivity contribution is 5.33. The third kappa shape index (κ3) is 3.12. The van der Waals surface area contributed by atoms with Gasteiger partial charge in [0.1, 0.15) is 0 Å². The van der Waals surface area contributed by atoms with Crippen LogP contribution in [0.5, 0.6) is 0 Å². The summed E-state index contributed by atoms with van der Waals surface area (Å²) in [6, 6.07) is 8.73. The Kier molecular flexibility index (Phi) is 4.41. The van der Waals surface area contributed by atoms with E-state index in [1.54, 1.807) is 0 Å². The first-order chi connectivity index (χ1) is 8.62. The van der Waals surface area contributed by atoms with Gasteiger partial charge < -0.3 is 10.6 Å². The Bertz CT molecular complexity index is 376. The van der Waals surface area contributed by atoms with Crippen molar-refractivity contribution in [3.05, 3.63) is 35.4 Å². The Balaban J connectivity index is 2.30. The lowest BCUT2D eigenvalue weighted by Crippen LogP contribution is -2.37. The second kappa shape index (κ2) is 5.85. The molecule has 0 radical (unpaired) electrons. The lowest BCUT2D eigenvalue weighted by molar-refractivity contribution is 0.363. The number of hydrogen-bond acceptors (Lipinski definition) is 2. The van der Waals surface area contributed by atoms with E-state index in [1.807, 2.05) is 0 Å². The molecular formula is C16H26N2. The first kappa shape index (κ1) is 13.6. The van der Waals surface area contributed by atoms with E-state index in [1.165, 1.54) is 36.8 Å². The van der Waals surface area contributed by atoms with Gasteiger partial charge in [-0.2, -0.15) is 0 Å². The predicted molar refractivity (Wildman–Crippen MR) is 77.4 cm³/mol. The fourth-order valence-corrected chi connectivity index (χ4v) is 3.11. The van der Waals surface area contributed by atoms with Gasteiger partial charge in [-0.1, -0.05) is 49.9 Å². The molecule has 1 saturated carbocycles. The normalized spacial score (nSPS) is 19.8. The van der Waals surface area contributed by atoms with Crippen molar-refractivity contribution in [2.45, 2.75) is 50.6 Å². The van der Waals surface area contributed by atoms with E-state index in [0.717, 1.165) is 19.4 Å². The molecule has 2 N–H and O–H groups in total. The summed E-state index contributed by atoms with van der Waals surface area (Å²) < 4.78 is 0. The molecule has 0 atom stereocenters. The zero-order valence-corrected chi connectivity index (χ0v) is 11.8. The molecule has 1 aromatic carbocycles. The summed E-state index contributed by atoms with van der Waals surface area (Å²) in [7, 11) is 4.24. The average Bonchev–Trinajstić information content (AvgIpc) is 2.55. The Morgan fingerprint density at radius 2 is 1.67 bits per heavy atom. The van der Waals surface area contributed by atoms with Gasteiger partial charge in [-0.3, -0.25) is 0 Å². The van der Waals surface area contributed by atoms with Crippen molar-refractivity contribution in [1.82, 2.24) is 4.90 Å². The average molecular weight is 246 g/mol. The van der Waals surface area contributed by atoms with Crippen LogP contribution in [0.2, 0.25) is 0 Å². The molecule has 100 valence electrons. The molecule has 0 unspecified atom stereocenters. The summed E-state index contributed by atoms with van der Waals surface area (Å²) in [5.41, 5.74) is 9.42. The van der Waals surface area contributed by atoms with E-state index in [2.05, 4.69) is 43.3 Å². The lowest BCUT2D eigenvalue weighted by Gasteiger charge is -2.31. The summed E-state index contributed by atoms with van der Waals surface area (Å²) in [5, 5.41) is 0. The van der Waals surface area contributed by atoms with Crippen LogP contribution in [0, 0.1) is 0 Å². The second-order valence-electron chi connectivity index (χ2n) is 5.97. The molecule has 1 fully saturated rings. The van der Waals surface area contributed by atoms with E-state index >= 15 is 0 Å². The van der Waals surface area contributed by atoms with E-state index in [4.69, 9.17) is 5.73 Å². The zero-order valence-electron chi connectivity index (χ0n) is 11.8.